The molecule has 17 heavy (non-hydrogen) atoms. The van der Waals surface area contributed by atoms with Gasteiger partial charge in [-0.15, -0.1) is 0 Å². The van der Waals surface area contributed by atoms with Crippen LogP contribution in [-0.4, -0.2) is 28.7 Å². The number of aliphatic hydroxyl groups excluding tert-OH is 1. The Balaban J connectivity index is 2.05. The molecule has 0 spiro atoms. The summed E-state index contributed by atoms with van der Waals surface area (Å²) < 4.78 is 0. The van der Waals surface area contributed by atoms with Crippen LogP contribution in [0.25, 0.3) is 0 Å². The van der Waals surface area contributed by atoms with Gasteiger partial charge in [0.1, 0.15) is 0 Å². The van der Waals surface area contributed by atoms with Crippen molar-refractivity contribution in [2.24, 2.45) is 5.92 Å². The van der Waals surface area contributed by atoms with Gasteiger partial charge < -0.3 is 5.11 Å². The van der Waals surface area contributed by atoms with E-state index in [1.807, 2.05) is 0 Å². The maximum Gasteiger partial charge on any atom is 0.0472 e. The number of likely N-dealkylation sites (tertiary alicyclic amines) is 1. The molecule has 1 aromatic rings. The number of aryl methyl sites for hydroxylation is 1. The molecule has 0 radical (unpaired) electrons. The molecule has 0 bridgehead atoms. The first kappa shape index (κ1) is 12.6. The summed E-state index contributed by atoms with van der Waals surface area (Å²) in [7, 11) is 0. The normalized spacial score (nSPS) is 24.1. The Hall–Kier alpha value is -0.860. The first-order valence-corrected chi connectivity index (χ1v) is 6.43. The van der Waals surface area contributed by atoms with Gasteiger partial charge in [0.05, 0.1) is 0 Å². The van der Waals surface area contributed by atoms with Crippen molar-refractivity contribution in [3.05, 3.63) is 35.4 Å². The molecule has 1 saturated heterocycles. The Bertz CT molecular complexity index is 369. The first-order valence-electron chi connectivity index (χ1n) is 6.43. The van der Waals surface area contributed by atoms with Gasteiger partial charge in [0, 0.05) is 25.2 Å². The molecular weight excluding hydrogens is 210 g/mol. The molecule has 1 aliphatic heterocycles. The Kier molecular flexibility index (Phi) is 3.55. The van der Waals surface area contributed by atoms with Crippen molar-refractivity contribution >= 4 is 0 Å². The van der Waals surface area contributed by atoms with Crippen LogP contribution in [0.2, 0.25) is 0 Å². The fraction of sp³-hybridized carbons (Fsp3) is 0.600. The van der Waals surface area contributed by atoms with Crippen molar-refractivity contribution < 1.29 is 5.11 Å². The smallest absolute Gasteiger partial charge is 0.0472 e. The highest BCUT2D eigenvalue weighted by molar-refractivity contribution is 5.21. The summed E-state index contributed by atoms with van der Waals surface area (Å²) in [6.45, 7) is 8.98. The van der Waals surface area contributed by atoms with E-state index in [0.717, 1.165) is 19.5 Å². The maximum absolute atomic E-state index is 9.29. The number of benzene rings is 1. The molecular formula is C15H23NO. The van der Waals surface area contributed by atoms with Crippen LogP contribution in [0, 0.1) is 12.8 Å². The first-order chi connectivity index (χ1) is 8.01. The van der Waals surface area contributed by atoms with Crippen LogP contribution in [0.1, 0.15) is 31.4 Å². The molecule has 1 heterocycles. The van der Waals surface area contributed by atoms with E-state index in [1.54, 1.807) is 0 Å². The molecule has 1 aliphatic rings. The maximum atomic E-state index is 9.29. The third-order valence-electron chi connectivity index (χ3n) is 3.88. The Morgan fingerprint density at radius 3 is 2.47 bits per heavy atom. The highest BCUT2D eigenvalue weighted by Gasteiger charge is 2.37. The van der Waals surface area contributed by atoms with E-state index in [2.05, 4.69) is 49.9 Å². The Morgan fingerprint density at radius 2 is 1.94 bits per heavy atom. The van der Waals surface area contributed by atoms with E-state index in [9.17, 15) is 5.11 Å². The van der Waals surface area contributed by atoms with E-state index in [1.165, 1.54) is 11.1 Å². The lowest BCUT2D eigenvalue weighted by Crippen LogP contribution is -2.37. The van der Waals surface area contributed by atoms with Gasteiger partial charge in [-0.3, -0.25) is 4.90 Å². The minimum atomic E-state index is 0.207. The van der Waals surface area contributed by atoms with Gasteiger partial charge in [0.25, 0.3) is 0 Å². The third kappa shape index (κ3) is 2.88. The van der Waals surface area contributed by atoms with E-state index < -0.39 is 0 Å². The number of hydrogen-bond acceptors (Lipinski definition) is 2. The lowest BCUT2D eigenvalue weighted by atomic mass is 9.97. The zero-order chi connectivity index (χ0) is 12.5. The summed E-state index contributed by atoms with van der Waals surface area (Å²) in [6, 6.07) is 8.75. The van der Waals surface area contributed by atoms with Gasteiger partial charge in [-0.05, 0) is 38.7 Å². The predicted octanol–water partition coefficient (Wildman–Crippen LogP) is 2.59. The van der Waals surface area contributed by atoms with E-state index in [-0.39, 0.29) is 5.54 Å². The summed E-state index contributed by atoms with van der Waals surface area (Å²) in [5, 5.41) is 9.29. The van der Waals surface area contributed by atoms with Crippen LogP contribution in [-0.2, 0) is 6.54 Å². The predicted molar refractivity (Wildman–Crippen MR) is 70.9 cm³/mol. The zero-order valence-corrected chi connectivity index (χ0v) is 11.1. The largest absolute Gasteiger partial charge is 0.396 e. The van der Waals surface area contributed by atoms with Crippen LogP contribution in [0.5, 0.6) is 0 Å². The second-order valence-corrected chi connectivity index (χ2v) is 5.93. The van der Waals surface area contributed by atoms with Crippen LogP contribution >= 0.6 is 0 Å². The van der Waals surface area contributed by atoms with Gasteiger partial charge in [0.2, 0.25) is 0 Å². The highest BCUT2D eigenvalue weighted by atomic mass is 16.3. The number of rotatable bonds is 3. The van der Waals surface area contributed by atoms with Gasteiger partial charge >= 0.3 is 0 Å². The standard InChI is InChI=1S/C15H23NO/c1-12-4-6-13(7-5-12)9-16-10-14(11-17)8-15(16,2)3/h4-7,14,17H,8-11H2,1-3H3. The van der Waals surface area contributed by atoms with Crippen molar-refractivity contribution in [3.63, 3.8) is 0 Å². The molecule has 94 valence electrons. The lowest BCUT2D eigenvalue weighted by Gasteiger charge is -2.31. The van der Waals surface area contributed by atoms with E-state index >= 15 is 0 Å². The minimum Gasteiger partial charge on any atom is -0.396 e. The summed E-state index contributed by atoms with van der Waals surface area (Å²) in [5.74, 6) is 0.440. The second kappa shape index (κ2) is 4.79. The topological polar surface area (TPSA) is 23.5 Å². The van der Waals surface area contributed by atoms with E-state index in [0.29, 0.717) is 12.5 Å². The molecule has 1 aromatic carbocycles. The zero-order valence-electron chi connectivity index (χ0n) is 11.1. The fourth-order valence-corrected chi connectivity index (χ4v) is 2.77. The van der Waals surface area contributed by atoms with Crippen LogP contribution in [0.3, 0.4) is 0 Å². The molecule has 2 nitrogen and oxygen atoms in total. The summed E-state index contributed by atoms with van der Waals surface area (Å²) in [6.07, 6.45) is 1.09. The number of hydrogen-bond donors (Lipinski definition) is 1. The summed E-state index contributed by atoms with van der Waals surface area (Å²) in [5.41, 5.74) is 2.88. The summed E-state index contributed by atoms with van der Waals surface area (Å²) >= 11 is 0. The van der Waals surface area contributed by atoms with Crippen LogP contribution < -0.4 is 0 Å². The molecule has 0 amide bonds. The van der Waals surface area contributed by atoms with Crippen LogP contribution in [0.15, 0.2) is 24.3 Å². The number of aliphatic hydroxyl groups is 1. The molecule has 1 atom stereocenters. The van der Waals surface area contributed by atoms with Crippen molar-refractivity contribution in [2.45, 2.75) is 39.3 Å². The average Bonchev–Trinajstić information content (AvgIpc) is 2.57. The van der Waals surface area contributed by atoms with Gasteiger partial charge in [-0.1, -0.05) is 29.8 Å². The van der Waals surface area contributed by atoms with Gasteiger partial charge in [-0.25, -0.2) is 0 Å². The Labute approximate surface area is 104 Å². The fourth-order valence-electron chi connectivity index (χ4n) is 2.77. The molecule has 1 N–H and O–H groups in total. The molecule has 0 aliphatic carbocycles. The molecule has 1 fully saturated rings. The van der Waals surface area contributed by atoms with Crippen molar-refractivity contribution in [1.29, 1.82) is 0 Å². The van der Waals surface area contributed by atoms with Gasteiger partial charge in [-0.2, -0.15) is 0 Å². The van der Waals surface area contributed by atoms with Gasteiger partial charge in [0.15, 0.2) is 0 Å². The Morgan fingerprint density at radius 1 is 1.29 bits per heavy atom. The van der Waals surface area contributed by atoms with Crippen molar-refractivity contribution in [1.82, 2.24) is 4.90 Å². The highest BCUT2D eigenvalue weighted by Crippen LogP contribution is 2.33. The monoisotopic (exact) mass is 233 g/mol. The lowest BCUT2D eigenvalue weighted by molar-refractivity contribution is 0.164. The molecule has 2 rings (SSSR count). The third-order valence-corrected chi connectivity index (χ3v) is 3.88. The van der Waals surface area contributed by atoms with Crippen LogP contribution in [0.4, 0.5) is 0 Å². The molecule has 0 saturated carbocycles. The second-order valence-electron chi connectivity index (χ2n) is 5.93. The molecule has 1 unspecified atom stereocenters. The van der Waals surface area contributed by atoms with Crippen molar-refractivity contribution in [3.8, 4) is 0 Å². The molecule has 2 heteroatoms. The number of nitrogens with zero attached hydrogens (tertiary/aromatic N) is 1. The average molecular weight is 233 g/mol. The summed E-state index contributed by atoms with van der Waals surface area (Å²) in [4.78, 5) is 2.48. The SMILES string of the molecule is Cc1ccc(CN2CC(CO)CC2(C)C)cc1. The van der Waals surface area contributed by atoms with E-state index in [4.69, 9.17) is 0 Å². The van der Waals surface area contributed by atoms with Crippen molar-refractivity contribution in [2.75, 3.05) is 13.2 Å². The quantitative estimate of drug-likeness (QED) is 0.867. The minimum absolute atomic E-state index is 0.207. The molecule has 0 aromatic heterocycles.